The lowest BCUT2D eigenvalue weighted by atomic mass is 10.1. The van der Waals surface area contributed by atoms with Crippen LogP contribution in [0, 0.1) is 0 Å². The summed E-state index contributed by atoms with van der Waals surface area (Å²) in [6.45, 7) is 5.22. The molecule has 2 N–H and O–H groups in total. The second-order valence-corrected chi connectivity index (χ2v) is 6.04. The highest BCUT2D eigenvalue weighted by molar-refractivity contribution is 7.12. The monoisotopic (exact) mass is 301 g/mol. The van der Waals surface area contributed by atoms with Gasteiger partial charge in [0.1, 0.15) is 5.60 Å². The average molecular weight is 301 g/mol. The van der Waals surface area contributed by atoms with Crippen molar-refractivity contribution in [1.29, 1.82) is 0 Å². The molecule has 0 aliphatic rings. The molecule has 0 fully saturated rings. The normalized spacial score (nSPS) is 12.6. The number of nitrogens with one attached hydrogen (secondary N) is 1. The number of thiophene rings is 1. The van der Waals surface area contributed by atoms with Crippen molar-refractivity contribution in [3.63, 3.8) is 0 Å². The second-order valence-electron chi connectivity index (χ2n) is 5.16. The van der Waals surface area contributed by atoms with Gasteiger partial charge in [-0.15, -0.1) is 11.3 Å². The Morgan fingerprint density at radius 2 is 2.10 bits per heavy atom. The van der Waals surface area contributed by atoms with Gasteiger partial charge in [0.2, 0.25) is 0 Å². The summed E-state index contributed by atoms with van der Waals surface area (Å²) in [5, 5.41) is 13.9. The molecule has 7 heteroatoms. The van der Waals surface area contributed by atoms with E-state index in [-0.39, 0.29) is 6.42 Å². The molecular weight excluding hydrogens is 282 g/mol. The van der Waals surface area contributed by atoms with E-state index in [1.165, 1.54) is 18.4 Å². The summed E-state index contributed by atoms with van der Waals surface area (Å²) in [5.41, 5.74) is -0.0119. The summed E-state index contributed by atoms with van der Waals surface area (Å²) in [7, 11) is 1.50. The summed E-state index contributed by atoms with van der Waals surface area (Å²) in [5.74, 6) is -1.01. The molecule has 1 heterocycles. The van der Waals surface area contributed by atoms with Crippen LogP contribution in [-0.4, -0.2) is 29.9 Å². The molecular formula is C13H19NO5S. The van der Waals surface area contributed by atoms with Crippen molar-refractivity contribution in [3.05, 3.63) is 17.0 Å². The molecule has 20 heavy (non-hydrogen) atoms. The molecule has 1 amide bonds. The third-order valence-electron chi connectivity index (χ3n) is 2.29. The molecule has 0 aliphatic carbocycles. The van der Waals surface area contributed by atoms with E-state index in [0.29, 0.717) is 10.6 Å². The van der Waals surface area contributed by atoms with Gasteiger partial charge in [-0.25, -0.2) is 4.79 Å². The minimum absolute atomic E-state index is 0.244. The minimum atomic E-state index is -1.01. The lowest BCUT2D eigenvalue weighted by molar-refractivity contribution is -0.137. The molecule has 0 saturated carbocycles. The fourth-order valence-corrected chi connectivity index (χ4v) is 2.37. The molecule has 112 valence electrons. The molecule has 6 nitrogen and oxygen atoms in total. The first kappa shape index (κ1) is 16.3. The van der Waals surface area contributed by atoms with E-state index in [1.54, 1.807) is 32.2 Å². The molecule has 1 aromatic heterocycles. The number of carboxylic acids is 1. The Kier molecular flexibility index (Phi) is 5.38. The molecule has 0 spiro atoms. The first-order valence-corrected chi connectivity index (χ1v) is 6.93. The summed E-state index contributed by atoms with van der Waals surface area (Å²) >= 11 is 1.34. The lowest BCUT2D eigenvalue weighted by Gasteiger charge is -2.23. The van der Waals surface area contributed by atoms with Crippen LogP contribution >= 0.6 is 11.3 Å². The van der Waals surface area contributed by atoms with Gasteiger partial charge in [-0.2, -0.15) is 0 Å². The minimum Gasteiger partial charge on any atom is -0.487 e. The van der Waals surface area contributed by atoms with Crippen LogP contribution in [0.5, 0.6) is 5.06 Å². The molecule has 0 radical (unpaired) electrons. The van der Waals surface area contributed by atoms with Crippen LogP contribution in [0.1, 0.15) is 38.8 Å². The van der Waals surface area contributed by atoms with Crippen LogP contribution in [0.2, 0.25) is 0 Å². The van der Waals surface area contributed by atoms with E-state index in [4.69, 9.17) is 14.6 Å². The van der Waals surface area contributed by atoms with E-state index in [9.17, 15) is 9.59 Å². The zero-order valence-electron chi connectivity index (χ0n) is 11.9. The number of carbonyl (C=O) groups excluding carboxylic acids is 1. The van der Waals surface area contributed by atoms with E-state index in [2.05, 4.69) is 5.32 Å². The maximum atomic E-state index is 11.8. The summed E-state index contributed by atoms with van der Waals surface area (Å²) in [6, 6.07) is 1.04. The second kappa shape index (κ2) is 6.60. The Balaban J connectivity index is 2.85. The van der Waals surface area contributed by atoms with Gasteiger partial charge in [0.15, 0.2) is 5.06 Å². The summed E-state index contributed by atoms with van der Waals surface area (Å²) in [6.07, 6.45) is -0.899. The topological polar surface area (TPSA) is 84.9 Å². The number of carboxylic acid groups (broad SMARTS) is 1. The van der Waals surface area contributed by atoms with E-state index in [0.717, 1.165) is 0 Å². The van der Waals surface area contributed by atoms with Crippen molar-refractivity contribution in [2.75, 3.05) is 7.11 Å². The summed E-state index contributed by atoms with van der Waals surface area (Å²) in [4.78, 5) is 22.7. The standard InChI is InChI=1S/C13H19NO5S/c1-13(2,3)19-12(17)14-9(7-10(15)16)8-5-6-20-11(8)18-4/h5-6,9H,7H2,1-4H3,(H,14,17)(H,15,16). The molecule has 1 aromatic rings. The van der Waals surface area contributed by atoms with Gasteiger partial charge in [-0.3, -0.25) is 4.79 Å². The van der Waals surface area contributed by atoms with Gasteiger partial charge in [-0.1, -0.05) is 0 Å². The highest BCUT2D eigenvalue weighted by atomic mass is 32.1. The number of rotatable bonds is 5. The lowest BCUT2D eigenvalue weighted by Crippen LogP contribution is -2.35. The van der Waals surface area contributed by atoms with Gasteiger partial charge in [0.25, 0.3) is 0 Å². The Bertz CT molecular complexity index is 477. The van der Waals surface area contributed by atoms with Gasteiger partial charge < -0.3 is 19.9 Å². The number of methoxy groups -OCH3 is 1. The Morgan fingerprint density at radius 3 is 2.60 bits per heavy atom. The number of ether oxygens (including phenoxy) is 2. The number of alkyl carbamates (subject to hydrolysis) is 1. The number of amides is 1. The first-order chi connectivity index (χ1) is 9.23. The van der Waals surface area contributed by atoms with Crippen LogP contribution in [0.25, 0.3) is 0 Å². The first-order valence-electron chi connectivity index (χ1n) is 6.05. The van der Waals surface area contributed by atoms with Gasteiger partial charge >= 0.3 is 12.1 Å². The number of carbonyl (C=O) groups is 2. The smallest absolute Gasteiger partial charge is 0.408 e. The number of hydrogen-bond donors (Lipinski definition) is 2. The predicted octanol–water partition coefficient (Wildman–Crippen LogP) is 2.80. The van der Waals surface area contributed by atoms with E-state index >= 15 is 0 Å². The van der Waals surface area contributed by atoms with E-state index < -0.39 is 23.7 Å². The van der Waals surface area contributed by atoms with Gasteiger partial charge in [0, 0.05) is 5.56 Å². The molecule has 0 bridgehead atoms. The van der Waals surface area contributed by atoms with Gasteiger partial charge in [-0.05, 0) is 32.2 Å². The molecule has 0 saturated heterocycles. The quantitative estimate of drug-likeness (QED) is 0.873. The van der Waals surface area contributed by atoms with Gasteiger partial charge in [0.05, 0.1) is 19.6 Å². The fourth-order valence-electron chi connectivity index (χ4n) is 1.59. The fraction of sp³-hybridized carbons (Fsp3) is 0.538. The van der Waals surface area contributed by atoms with Crippen molar-refractivity contribution in [2.45, 2.75) is 38.8 Å². The molecule has 1 atom stereocenters. The van der Waals surface area contributed by atoms with Crippen LogP contribution in [0.3, 0.4) is 0 Å². The molecule has 1 unspecified atom stereocenters. The predicted molar refractivity (Wildman–Crippen MR) is 75.2 cm³/mol. The van der Waals surface area contributed by atoms with Crippen LogP contribution in [0.4, 0.5) is 4.79 Å². The Morgan fingerprint density at radius 1 is 1.45 bits per heavy atom. The van der Waals surface area contributed by atoms with Crippen molar-refractivity contribution >= 4 is 23.4 Å². The van der Waals surface area contributed by atoms with Crippen molar-refractivity contribution in [3.8, 4) is 5.06 Å². The van der Waals surface area contributed by atoms with E-state index in [1.807, 2.05) is 0 Å². The Labute approximate surface area is 121 Å². The van der Waals surface area contributed by atoms with Crippen LogP contribution < -0.4 is 10.1 Å². The average Bonchev–Trinajstić information content (AvgIpc) is 2.72. The molecule has 0 aromatic carbocycles. The summed E-state index contributed by atoms with van der Waals surface area (Å²) < 4.78 is 10.3. The maximum absolute atomic E-state index is 11.8. The van der Waals surface area contributed by atoms with Crippen LogP contribution in [-0.2, 0) is 9.53 Å². The highest BCUT2D eigenvalue weighted by Crippen LogP contribution is 2.32. The van der Waals surface area contributed by atoms with Crippen LogP contribution in [0.15, 0.2) is 11.4 Å². The largest absolute Gasteiger partial charge is 0.487 e. The Hall–Kier alpha value is -1.76. The third-order valence-corrected chi connectivity index (χ3v) is 3.18. The maximum Gasteiger partial charge on any atom is 0.408 e. The number of hydrogen-bond acceptors (Lipinski definition) is 5. The third kappa shape index (κ3) is 5.08. The molecule has 1 rings (SSSR count). The number of aliphatic carboxylic acids is 1. The zero-order chi connectivity index (χ0) is 15.3. The van der Waals surface area contributed by atoms with Crippen molar-refractivity contribution in [2.24, 2.45) is 0 Å². The van der Waals surface area contributed by atoms with Crippen molar-refractivity contribution < 1.29 is 24.2 Å². The SMILES string of the molecule is COc1sccc1C(CC(=O)O)NC(=O)OC(C)(C)C. The zero-order valence-corrected chi connectivity index (χ0v) is 12.7. The highest BCUT2D eigenvalue weighted by Gasteiger charge is 2.25. The van der Waals surface area contributed by atoms with Crippen molar-refractivity contribution in [1.82, 2.24) is 5.32 Å². The molecule has 0 aliphatic heterocycles.